The topological polar surface area (TPSA) is 24.1 Å². The number of hydrogen-bond acceptors (Lipinski definition) is 2. The predicted molar refractivity (Wildman–Crippen MR) is 75.5 cm³/mol. The second-order valence-electron chi connectivity index (χ2n) is 5.18. The first-order chi connectivity index (χ1) is 8.17. The molecule has 2 nitrogen and oxygen atoms in total. The van der Waals surface area contributed by atoms with Crippen molar-refractivity contribution in [2.45, 2.75) is 32.6 Å². The van der Waals surface area contributed by atoms with Gasteiger partial charge < -0.3 is 10.6 Å². The van der Waals surface area contributed by atoms with E-state index in [0.717, 1.165) is 26.2 Å². The van der Waals surface area contributed by atoms with Crippen LogP contribution in [0.3, 0.4) is 0 Å². The van der Waals surface area contributed by atoms with Crippen LogP contribution in [0.1, 0.15) is 32.8 Å². The SMILES string of the molecule is CCCNCCNCC(C)(C)c1ccccc1. The average Bonchev–Trinajstić information content (AvgIpc) is 2.35. The van der Waals surface area contributed by atoms with Crippen LogP contribution in [-0.4, -0.2) is 26.2 Å². The minimum Gasteiger partial charge on any atom is -0.315 e. The predicted octanol–water partition coefficient (Wildman–Crippen LogP) is 2.55. The maximum Gasteiger partial charge on any atom is 0.00770 e. The molecule has 0 amide bonds. The largest absolute Gasteiger partial charge is 0.315 e. The van der Waals surface area contributed by atoms with Crippen LogP contribution in [0, 0.1) is 0 Å². The van der Waals surface area contributed by atoms with E-state index in [1.54, 1.807) is 0 Å². The summed E-state index contributed by atoms with van der Waals surface area (Å²) < 4.78 is 0. The number of benzene rings is 1. The van der Waals surface area contributed by atoms with Crippen molar-refractivity contribution >= 4 is 0 Å². The van der Waals surface area contributed by atoms with Gasteiger partial charge in [0.1, 0.15) is 0 Å². The first-order valence-electron chi connectivity index (χ1n) is 6.64. The molecule has 0 aliphatic carbocycles. The number of nitrogens with one attached hydrogen (secondary N) is 2. The molecular weight excluding hydrogens is 208 g/mol. The zero-order chi connectivity index (χ0) is 12.6. The Hall–Kier alpha value is -0.860. The fourth-order valence-electron chi connectivity index (χ4n) is 1.87. The molecular formula is C15H26N2. The highest BCUT2D eigenvalue weighted by molar-refractivity contribution is 5.23. The summed E-state index contributed by atoms with van der Waals surface area (Å²) >= 11 is 0. The molecule has 0 aliphatic rings. The van der Waals surface area contributed by atoms with Crippen LogP contribution in [0.25, 0.3) is 0 Å². The van der Waals surface area contributed by atoms with E-state index in [4.69, 9.17) is 0 Å². The molecule has 0 bridgehead atoms. The van der Waals surface area contributed by atoms with Gasteiger partial charge in [0.25, 0.3) is 0 Å². The van der Waals surface area contributed by atoms with Gasteiger partial charge in [0, 0.05) is 25.0 Å². The van der Waals surface area contributed by atoms with Crippen molar-refractivity contribution in [2.75, 3.05) is 26.2 Å². The lowest BCUT2D eigenvalue weighted by Crippen LogP contribution is -2.36. The van der Waals surface area contributed by atoms with Gasteiger partial charge in [-0.15, -0.1) is 0 Å². The molecule has 2 N–H and O–H groups in total. The maximum atomic E-state index is 3.52. The van der Waals surface area contributed by atoms with Crippen LogP contribution in [0.4, 0.5) is 0 Å². The smallest absolute Gasteiger partial charge is 0.00770 e. The van der Waals surface area contributed by atoms with Gasteiger partial charge in [-0.1, -0.05) is 51.1 Å². The van der Waals surface area contributed by atoms with E-state index in [0.29, 0.717) is 0 Å². The van der Waals surface area contributed by atoms with E-state index in [9.17, 15) is 0 Å². The lowest BCUT2D eigenvalue weighted by molar-refractivity contribution is 0.465. The van der Waals surface area contributed by atoms with Gasteiger partial charge in [0.2, 0.25) is 0 Å². The normalized spacial score (nSPS) is 11.7. The molecule has 1 aromatic rings. The lowest BCUT2D eigenvalue weighted by atomic mass is 9.85. The minimum atomic E-state index is 0.200. The van der Waals surface area contributed by atoms with E-state index in [-0.39, 0.29) is 5.41 Å². The quantitative estimate of drug-likeness (QED) is 0.676. The zero-order valence-corrected chi connectivity index (χ0v) is 11.4. The molecule has 0 unspecified atom stereocenters. The monoisotopic (exact) mass is 234 g/mol. The fourth-order valence-corrected chi connectivity index (χ4v) is 1.87. The third-order valence-corrected chi connectivity index (χ3v) is 3.03. The Morgan fingerprint density at radius 1 is 0.941 bits per heavy atom. The summed E-state index contributed by atoms with van der Waals surface area (Å²) in [6, 6.07) is 10.7. The molecule has 0 aliphatic heterocycles. The van der Waals surface area contributed by atoms with Crippen LogP contribution in [0.15, 0.2) is 30.3 Å². The molecule has 17 heavy (non-hydrogen) atoms. The molecule has 96 valence electrons. The van der Waals surface area contributed by atoms with Crippen molar-refractivity contribution in [1.29, 1.82) is 0 Å². The lowest BCUT2D eigenvalue weighted by Gasteiger charge is -2.25. The van der Waals surface area contributed by atoms with E-state index in [1.807, 2.05) is 0 Å². The summed E-state index contributed by atoms with van der Waals surface area (Å²) in [4.78, 5) is 0. The van der Waals surface area contributed by atoms with Gasteiger partial charge in [-0.3, -0.25) is 0 Å². The minimum absolute atomic E-state index is 0.200. The molecule has 0 aromatic heterocycles. The van der Waals surface area contributed by atoms with E-state index in [2.05, 4.69) is 61.7 Å². The van der Waals surface area contributed by atoms with Crippen LogP contribution >= 0.6 is 0 Å². The van der Waals surface area contributed by atoms with Gasteiger partial charge in [-0.2, -0.15) is 0 Å². The highest BCUT2D eigenvalue weighted by Crippen LogP contribution is 2.21. The average molecular weight is 234 g/mol. The molecule has 0 saturated heterocycles. The molecule has 2 heteroatoms. The molecule has 0 saturated carbocycles. The standard InChI is InChI=1S/C15H26N2/c1-4-10-16-11-12-17-13-15(2,3)14-8-6-5-7-9-14/h5-9,16-17H,4,10-13H2,1-3H3. The molecule has 0 atom stereocenters. The molecule has 0 fully saturated rings. The Balaban J connectivity index is 2.26. The van der Waals surface area contributed by atoms with Crippen molar-refractivity contribution in [3.05, 3.63) is 35.9 Å². The molecule has 0 heterocycles. The first kappa shape index (κ1) is 14.2. The molecule has 1 aromatic carbocycles. The van der Waals surface area contributed by atoms with E-state index < -0.39 is 0 Å². The van der Waals surface area contributed by atoms with Crippen LogP contribution < -0.4 is 10.6 Å². The summed E-state index contributed by atoms with van der Waals surface area (Å²) in [6.45, 7) is 11.0. The van der Waals surface area contributed by atoms with E-state index >= 15 is 0 Å². The Bertz CT molecular complexity index is 293. The summed E-state index contributed by atoms with van der Waals surface area (Å²) in [7, 11) is 0. The van der Waals surface area contributed by atoms with Crippen molar-refractivity contribution < 1.29 is 0 Å². The van der Waals surface area contributed by atoms with Gasteiger partial charge in [0.05, 0.1) is 0 Å². The second-order valence-corrected chi connectivity index (χ2v) is 5.18. The maximum absolute atomic E-state index is 3.52. The van der Waals surface area contributed by atoms with Crippen molar-refractivity contribution in [3.8, 4) is 0 Å². The third-order valence-electron chi connectivity index (χ3n) is 3.03. The van der Waals surface area contributed by atoms with Crippen LogP contribution in [0.5, 0.6) is 0 Å². The third kappa shape index (κ3) is 5.33. The first-order valence-corrected chi connectivity index (χ1v) is 6.64. The highest BCUT2D eigenvalue weighted by Gasteiger charge is 2.19. The Morgan fingerprint density at radius 2 is 1.59 bits per heavy atom. The van der Waals surface area contributed by atoms with E-state index in [1.165, 1.54) is 12.0 Å². The van der Waals surface area contributed by atoms with Gasteiger partial charge in [-0.25, -0.2) is 0 Å². The Morgan fingerprint density at radius 3 is 2.24 bits per heavy atom. The number of rotatable bonds is 8. The fraction of sp³-hybridized carbons (Fsp3) is 0.600. The molecule has 1 rings (SSSR count). The van der Waals surface area contributed by atoms with Crippen LogP contribution in [0.2, 0.25) is 0 Å². The van der Waals surface area contributed by atoms with Gasteiger partial charge >= 0.3 is 0 Å². The Labute approximate surface area is 106 Å². The summed E-state index contributed by atoms with van der Waals surface area (Å²) in [5.41, 5.74) is 1.60. The number of hydrogen-bond donors (Lipinski definition) is 2. The van der Waals surface area contributed by atoms with Gasteiger partial charge in [0.15, 0.2) is 0 Å². The van der Waals surface area contributed by atoms with Crippen molar-refractivity contribution in [1.82, 2.24) is 10.6 Å². The van der Waals surface area contributed by atoms with Crippen molar-refractivity contribution in [3.63, 3.8) is 0 Å². The highest BCUT2D eigenvalue weighted by atomic mass is 14.9. The summed E-state index contributed by atoms with van der Waals surface area (Å²) in [5.74, 6) is 0. The molecule has 0 radical (unpaired) electrons. The second kappa shape index (κ2) is 7.46. The van der Waals surface area contributed by atoms with Crippen LogP contribution in [-0.2, 0) is 5.41 Å². The summed E-state index contributed by atoms with van der Waals surface area (Å²) in [6.07, 6.45) is 1.20. The zero-order valence-electron chi connectivity index (χ0n) is 11.4. The van der Waals surface area contributed by atoms with Crippen molar-refractivity contribution in [2.24, 2.45) is 0 Å². The summed E-state index contributed by atoms with van der Waals surface area (Å²) in [5, 5.41) is 6.92. The van der Waals surface area contributed by atoms with Gasteiger partial charge in [-0.05, 0) is 18.5 Å². The Kier molecular flexibility index (Phi) is 6.23. The molecule has 0 spiro atoms.